The second kappa shape index (κ2) is 24.2. The van der Waals surface area contributed by atoms with Crippen molar-refractivity contribution in [2.45, 2.75) is 0 Å². The number of carbonyl (C=O) groups excluding carboxylic acids is 7. The lowest BCUT2D eigenvalue weighted by atomic mass is 9.98. The molecule has 0 aliphatic rings. The van der Waals surface area contributed by atoms with Gasteiger partial charge in [0, 0.05) is 35.1 Å². The highest BCUT2D eigenvalue weighted by Crippen LogP contribution is 2.38. The predicted molar refractivity (Wildman–Crippen MR) is 287 cm³/mol. The van der Waals surface area contributed by atoms with Gasteiger partial charge in [-0.3, -0.25) is 0 Å². The normalized spacial score (nSPS) is 10.8. The lowest BCUT2D eigenvalue weighted by Gasteiger charge is -2.14. The molecule has 18 nitrogen and oxygen atoms in total. The molecule has 79 heavy (non-hydrogen) atoms. The summed E-state index contributed by atoms with van der Waals surface area (Å²) in [5, 5.41) is 2.55. The Kier molecular flexibility index (Phi) is 16.2. The van der Waals surface area contributed by atoms with Crippen LogP contribution in [-0.4, -0.2) is 78.2 Å². The maximum atomic E-state index is 13.6. The summed E-state index contributed by atoms with van der Waals surface area (Å²) in [6.45, 7) is 10.7. The molecule has 0 unspecified atom stereocenters. The van der Waals surface area contributed by atoms with Crippen molar-refractivity contribution >= 4 is 85.4 Å². The monoisotopic (exact) mass is 1060 g/mol. The van der Waals surface area contributed by atoms with Crippen LogP contribution in [0.2, 0.25) is 0 Å². The second-order valence-corrected chi connectivity index (χ2v) is 16.7. The lowest BCUT2D eigenvalue weighted by Crippen LogP contribution is -2.12. The fourth-order valence-electron chi connectivity index (χ4n) is 7.73. The van der Waals surface area contributed by atoms with E-state index in [-0.39, 0.29) is 83.2 Å². The van der Waals surface area contributed by atoms with E-state index in [1.54, 1.807) is 54.6 Å². The first-order valence-corrected chi connectivity index (χ1v) is 23.9. The Bertz CT molecular complexity index is 3890. The lowest BCUT2D eigenvalue weighted by molar-refractivity contribution is -0.139. The van der Waals surface area contributed by atoms with Crippen LogP contribution in [0.15, 0.2) is 190 Å². The molecule has 0 saturated heterocycles. The molecule has 9 aromatic rings. The van der Waals surface area contributed by atoms with Gasteiger partial charge in [-0.25, -0.2) is 43.5 Å². The van der Waals surface area contributed by atoms with Crippen molar-refractivity contribution < 1.29 is 76.2 Å². The molecule has 0 saturated carbocycles. The molecule has 0 amide bonds. The first-order chi connectivity index (χ1) is 38.3. The highest BCUT2D eigenvalue weighted by atomic mass is 16.6. The van der Waals surface area contributed by atoms with E-state index < -0.39 is 41.8 Å². The number of carbonyl (C=O) groups is 7. The second-order valence-electron chi connectivity index (χ2n) is 16.7. The van der Waals surface area contributed by atoms with Gasteiger partial charge < -0.3 is 42.6 Å². The molecule has 0 spiro atoms. The fourth-order valence-corrected chi connectivity index (χ4v) is 7.73. The number of nitrogens with zero attached hydrogens (tertiary/aromatic N) is 2. The van der Waals surface area contributed by atoms with Gasteiger partial charge in [0.1, 0.15) is 53.5 Å². The molecule has 1 aromatic heterocycles. The smallest absolute Gasteiger partial charge is 0.343 e. The third-order valence-electron chi connectivity index (χ3n) is 11.5. The van der Waals surface area contributed by atoms with Gasteiger partial charge >= 0.3 is 41.8 Å². The van der Waals surface area contributed by atoms with E-state index in [1.807, 2.05) is 0 Å². The molecule has 18 heteroatoms. The van der Waals surface area contributed by atoms with Crippen LogP contribution in [0.4, 0.5) is 0 Å². The van der Waals surface area contributed by atoms with E-state index in [9.17, 15) is 33.6 Å². The molecule has 392 valence electrons. The summed E-state index contributed by atoms with van der Waals surface area (Å²) in [6, 6.07) is 38.4. The summed E-state index contributed by atoms with van der Waals surface area (Å²) in [5.74, 6) is -2.92. The highest BCUT2D eigenvalue weighted by Gasteiger charge is 2.20. The van der Waals surface area contributed by atoms with Crippen LogP contribution in [0.1, 0.15) is 41.4 Å². The SMILES string of the molecule is C=CC(=O)OCCOCCOc1ccc2nc3c4cc(OC(=O)c5ccc(C(=O)Oc6ccc(OC(=O)C=C)cc6)cc5)ccc4c4ccc(OC(=O)c5ccc(C(=O)Oc6ccc(OC(=O)C=C)cc6)cc5)cc4c3nc2c1. The number of hydrogen-bond acceptors (Lipinski definition) is 18. The van der Waals surface area contributed by atoms with Crippen molar-refractivity contribution in [2.75, 3.05) is 26.4 Å². The van der Waals surface area contributed by atoms with E-state index in [4.69, 9.17) is 52.6 Å². The van der Waals surface area contributed by atoms with Crippen molar-refractivity contribution in [2.24, 2.45) is 0 Å². The Labute approximate surface area is 448 Å². The van der Waals surface area contributed by atoms with Crippen molar-refractivity contribution in [3.8, 4) is 40.2 Å². The summed E-state index contributed by atoms with van der Waals surface area (Å²) in [7, 11) is 0. The Hall–Kier alpha value is -10.9. The number of ether oxygens (including phenoxy) is 9. The highest BCUT2D eigenvalue weighted by molar-refractivity contribution is 6.24. The van der Waals surface area contributed by atoms with Gasteiger partial charge in [-0.05, 0) is 156 Å². The summed E-state index contributed by atoms with van der Waals surface area (Å²) < 4.78 is 49.1. The van der Waals surface area contributed by atoms with Gasteiger partial charge in [0.05, 0.1) is 57.5 Å². The van der Waals surface area contributed by atoms with Gasteiger partial charge in [0.15, 0.2) is 0 Å². The molecular formula is C61H42N2O16. The van der Waals surface area contributed by atoms with Crippen LogP contribution in [0.25, 0.3) is 43.6 Å². The van der Waals surface area contributed by atoms with Gasteiger partial charge in [0.25, 0.3) is 0 Å². The van der Waals surface area contributed by atoms with Crippen molar-refractivity contribution in [1.29, 1.82) is 0 Å². The van der Waals surface area contributed by atoms with E-state index in [0.717, 1.165) is 18.2 Å². The van der Waals surface area contributed by atoms with Crippen molar-refractivity contribution in [3.05, 3.63) is 212 Å². The average Bonchev–Trinajstić information content (AvgIpc) is 3.65. The molecule has 0 aliphatic carbocycles. The first kappa shape index (κ1) is 53.0. The largest absolute Gasteiger partial charge is 0.491 e. The number of fused-ring (bicyclic) bond motifs is 7. The molecule has 0 radical (unpaired) electrons. The number of esters is 7. The van der Waals surface area contributed by atoms with Gasteiger partial charge in [-0.15, -0.1) is 0 Å². The molecule has 0 bridgehead atoms. The Morgan fingerprint density at radius 1 is 0.342 bits per heavy atom. The quantitative estimate of drug-likeness (QED) is 0.0173. The Balaban J connectivity index is 0.951. The van der Waals surface area contributed by atoms with Crippen molar-refractivity contribution in [3.63, 3.8) is 0 Å². The van der Waals surface area contributed by atoms with E-state index in [1.165, 1.54) is 97.1 Å². The van der Waals surface area contributed by atoms with Gasteiger partial charge in [0.2, 0.25) is 0 Å². The fraction of sp³-hybridized carbons (Fsp3) is 0.0656. The zero-order valence-corrected chi connectivity index (χ0v) is 41.5. The molecular weight excluding hydrogens is 1020 g/mol. The topological polar surface area (TPSA) is 228 Å². The Morgan fingerprint density at radius 2 is 0.696 bits per heavy atom. The van der Waals surface area contributed by atoms with Crippen LogP contribution in [-0.2, 0) is 23.9 Å². The van der Waals surface area contributed by atoms with Gasteiger partial charge in [-0.2, -0.15) is 0 Å². The van der Waals surface area contributed by atoms with Gasteiger partial charge in [-0.1, -0.05) is 19.7 Å². The van der Waals surface area contributed by atoms with E-state index in [0.29, 0.717) is 49.4 Å². The average molecular weight is 1060 g/mol. The standard InChI is InChI=1S/C61H42N2O16/c1-4-53(64)73-32-30-71-29-31-72-44-25-28-51-52(35-44)63-57-50-34-46(79-61(70)39-13-9-37(10-14-39)59(68)77-43-21-17-41(18-22-43)75-55(66)6-3)24-27-48(50)47-26-23-45(33-49(47)56(57)62-51)78-60(69)38-11-7-36(8-12-38)58(67)76-42-19-15-40(16-20-42)74-54(65)5-2/h4-28,33-35H,1-3,29-32H2. The summed E-state index contributed by atoms with van der Waals surface area (Å²) in [4.78, 5) is 97.4. The molecule has 8 aromatic carbocycles. The summed E-state index contributed by atoms with van der Waals surface area (Å²) in [5.41, 5.74) is 2.42. The maximum Gasteiger partial charge on any atom is 0.343 e. The van der Waals surface area contributed by atoms with E-state index in [2.05, 4.69) is 19.7 Å². The van der Waals surface area contributed by atoms with Crippen LogP contribution in [0.5, 0.6) is 40.2 Å². The number of rotatable bonds is 20. The molecule has 9 rings (SSSR count). The first-order valence-electron chi connectivity index (χ1n) is 23.9. The third-order valence-corrected chi connectivity index (χ3v) is 11.5. The molecule has 1 heterocycles. The maximum absolute atomic E-state index is 13.6. The minimum atomic E-state index is -0.715. The zero-order chi connectivity index (χ0) is 55.4. The number of benzene rings is 8. The third kappa shape index (κ3) is 13.0. The molecule has 0 fully saturated rings. The number of aromatic nitrogens is 2. The number of hydrogen-bond donors (Lipinski definition) is 0. The zero-order valence-electron chi connectivity index (χ0n) is 41.5. The summed E-state index contributed by atoms with van der Waals surface area (Å²) in [6.07, 6.45) is 3.12. The van der Waals surface area contributed by atoms with Crippen molar-refractivity contribution in [1.82, 2.24) is 9.97 Å². The minimum absolute atomic E-state index is 0.0622. The van der Waals surface area contributed by atoms with E-state index >= 15 is 0 Å². The predicted octanol–water partition coefficient (Wildman–Crippen LogP) is 10.3. The van der Waals surface area contributed by atoms with Crippen LogP contribution in [0.3, 0.4) is 0 Å². The minimum Gasteiger partial charge on any atom is -0.491 e. The molecule has 0 N–H and O–H groups in total. The van der Waals surface area contributed by atoms with Crippen LogP contribution in [0, 0.1) is 0 Å². The Morgan fingerprint density at radius 3 is 1.11 bits per heavy atom. The summed E-state index contributed by atoms with van der Waals surface area (Å²) >= 11 is 0. The molecule has 0 atom stereocenters. The molecule has 0 aliphatic heterocycles. The van der Waals surface area contributed by atoms with Crippen LogP contribution >= 0.6 is 0 Å². The van der Waals surface area contributed by atoms with Crippen LogP contribution < -0.4 is 33.2 Å².